The van der Waals surface area contributed by atoms with E-state index >= 15 is 0 Å². The number of carbonyl (C=O) groups is 2. The van der Waals surface area contributed by atoms with Crippen LogP contribution in [0.3, 0.4) is 0 Å². The van der Waals surface area contributed by atoms with Crippen molar-refractivity contribution in [3.05, 3.63) is 102 Å². The Balaban J connectivity index is 2.22. The monoisotopic (exact) mass is 405 g/mol. The van der Waals surface area contributed by atoms with Gasteiger partial charge in [-0.05, 0) is 42.0 Å². The van der Waals surface area contributed by atoms with Crippen molar-refractivity contribution in [1.29, 1.82) is 0 Å². The minimum Gasteiger partial charge on any atom is -0.493 e. The third-order valence-electron chi connectivity index (χ3n) is 3.88. The summed E-state index contributed by atoms with van der Waals surface area (Å²) in [4.78, 5) is 23.8. The number of hydrogen-bond donors (Lipinski definition) is 2. The van der Waals surface area contributed by atoms with Gasteiger partial charge in [-0.3, -0.25) is 4.79 Å². The van der Waals surface area contributed by atoms with Crippen LogP contribution in [0.4, 0.5) is 0 Å². The lowest BCUT2D eigenvalue weighted by molar-refractivity contribution is -0.132. The molecule has 0 fully saturated rings. The Morgan fingerprint density at radius 1 is 0.933 bits per heavy atom. The van der Waals surface area contributed by atoms with E-state index in [1.165, 1.54) is 25.3 Å². The van der Waals surface area contributed by atoms with Crippen LogP contribution in [-0.2, 0) is 9.59 Å². The molecule has 0 atom stereocenters. The van der Waals surface area contributed by atoms with Crippen molar-refractivity contribution >= 4 is 18.0 Å². The average molecular weight is 405 g/mol. The van der Waals surface area contributed by atoms with Crippen LogP contribution in [0.25, 0.3) is 6.08 Å². The molecule has 1 aliphatic carbocycles. The maximum atomic E-state index is 12.4. The van der Waals surface area contributed by atoms with Crippen LogP contribution in [0.15, 0.2) is 96.3 Å². The van der Waals surface area contributed by atoms with Crippen LogP contribution in [-0.4, -0.2) is 31.2 Å². The number of ether oxygens (including phenoxy) is 2. The molecule has 1 amide bonds. The minimum absolute atomic E-state index is 0.0352. The van der Waals surface area contributed by atoms with Crippen molar-refractivity contribution in [2.24, 2.45) is 0 Å². The highest BCUT2D eigenvalue weighted by Gasteiger charge is 2.07. The summed E-state index contributed by atoms with van der Waals surface area (Å²) < 4.78 is 10.4. The number of carboxylic acids is 1. The molecule has 0 spiro atoms. The van der Waals surface area contributed by atoms with Gasteiger partial charge in [-0.2, -0.15) is 0 Å². The van der Waals surface area contributed by atoms with Gasteiger partial charge in [0.05, 0.1) is 19.8 Å². The van der Waals surface area contributed by atoms with E-state index in [9.17, 15) is 14.7 Å². The number of benzene rings is 1. The van der Waals surface area contributed by atoms with Gasteiger partial charge in [-0.15, -0.1) is 0 Å². The number of carbonyl (C=O) groups excluding carboxylic acids is 1. The molecule has 30 heavy (non-hydrogen) atoms. The number of allylic oxidation sites excluding steroid dienone is 9. The largest absolute Gasteiger partial charge is 0.493 e. The molecule has 0 bridgehead atoms. The molecule has 1 aromatic carbocycles. The molecule has 6 nitrogen and oxygen atoms in total. The van der Waals surface area contributed by atoms with Crippen LogP contribution in [0.1, 0.15) is 5.56 Å². The Labute approximate surface area is 175 Å². The highest BCUT2D eigenvalue weighted by Crippen LogP contribution is 2.27. The number of hydrogen-bond acceptors (Lipinski definition) is 4. The van der Waals surface area contributed by atoms with Gasteiger partial charge >= 0.3 is 5.97 Å². The second-order valence-corrected chi connectivity index (χ2v) is 5.98. The van der Waals surface area contributed by atoms with Gasteiger partial charge in [0.2, 0.25) is 5.91 Å². The first-order valence-corrected chi connectivity index (χ1v) is 9.08. The van der Waals surface area contributed by atoms with Crippen LogP contribution in [0.2, 0.25) is 0 Å². The van der Waals surface area contributed by atoms with Gasteiger partial charge < -0.3 is 19.9 Å². The summed E-state index contributed by atoms with van der Waals surface area (Å²) in [5, 5.41) is 12.1. The summed E-state index contributed by atoms with van der Waals surface area (Å²) >= 11 is 0. The van der Waals surface area contributed by atoms with Gasteiger partial charge in [-0.25, -0.2) is 4.79 Å². The molecule has 0 saturated carbocycles. The van der Waals surface area contributed by atoms with E-state index in [1.807, 2.05) is 12.2 Å². The van der Waals surface area contributed by atoms with E-state index in [0.717, 1.165) is 5.56 Å². The van der Waals surface area contributed by atoms with Crippen LogP contribution < -0.4 is 14.8 Å². The summed E-state index contributed by atoms with van der Waals surface area (Å²) in [6.07, 6.45) is 19.7. The van der Waals surface area contributed by atoms with E-state index in [0.29, 0.717) is 17.2 Å². The molecule has 154 valence electrons. The van der Waals surface area contributed by atoms with Crippen molar-refractivity contribution < 1.29 is 24.2 Å². The molecule has 0 unspecified atom stereocenters. The maximum absolute atomic E-state index is 12.4. The van der Waals surface area contributed by atoms with E-state index < -0.39 is 11.9 Å². The molecule has 0 saturated heterocycles. The Morgan fingerprint density at radius 2 is 1.60 bits per heavy atom. The first-order chi connectivity index (χ1) is 14.5. The minimum atomic E-state index is -1.10. The molecule has 2 rings (SSSR count). The molecule has 0 aromatic heterocycles. The SMILES string of the molecule is COc1ccc(C=CC(=O)NC2=CC(C(=O)O)=CC=CC=CC=CC=C2)cc1OC. The second kappa shape index (κ2) is 11.7. The average Bonchev–Trinajstić information content (AvgIpc) is 2.73. The lowest BCUT2D eigenvalue weighted by atomic mass is 10.1. The molecule has 0 aliphatic heterocycles. The summed E-state index contributed by atoms with van der Waals surface area (Å²) in [6, 6.07) is 5.27. The quantitative estimate of drug-likeness (QED) is 0.700. The first-order valence-electron chi connectivity index (χ1n) is 9.08. The number of carboxylic acid groups (broad SMARTS) is 1. The van der Waals surface area contributed by atoms with Crippen molar-refractivity contribution in [2.45, 2.75) is 0 Å². The van der Waals surface area contributed by atoms with Gasteiger partial charge in [0.15, 0.2) is 11.5 Å². The maximum Gasteiger partial charge on any atom is 0.335 e. The van der Waals surface area contributed by atoms with Crippen molar-refractivity contribution in [2.75, 3.05) is 14.2 Å². The predicted octanol–water partition coefficient (Wildman–Crippen LogP) is 3.97. The van der Waals surface area contributed by atoms with Gasteiger partial charge in [-0.1, -0.05) is 48.6 Å². The number of nitrogens with one attached hydrogen (secondary N) is 1. The van der Waals surface area contributed by atoms with Crippen LogP contribution in [0, 0.1) is 0 Å². The van der Waals surface area contributed by atoms with Gasteiger partial charge in [0, 0.05) is 11.8 Å². The Bertz CT molecular complexity index is 991. The zero-order valence-electron chi connectivity index (χ0n) is 16.7. The molecule has 1 aliphatic rings. The Morgan fingerprint density at radius 3 is 2.27 bits per heavy atom. The normalized spacial score (nSPS) is 13.8. The zero-order valence-corrected chi connectivity index (χ0v) is 16.7. The fraction of sp³-hybridized carbons (Fsp3) is 0.0833. The van der Waals surface area contributed by atoms with Gasteiger partial charge in [0.1, 0.15) is 0 Å². The van der Waals surface area contributed by atoms with Crippen molar-refractivity contribution in [1.82, 2.24) is 5.32 Å². The number of aliphatic carboxylic acids is 1. The summed E-state index contributed by atoms with van der Waals surface area (Å²) in [7, 11) is 3.08. The second-order valence-electron chi connectivity index (χ2n) is 5.98. The molecular weight excluding hydrogens is 382 g/mol. The Kier molecular flexibility index (Phi) is 8.68. The fourth-order valence-corrected chi connectivity index (χ4v) is 2.43. The molecular formula is C24H23NO5. The molecule has 6 heteroatoms. The van der Waals surface area contributed by atoms with Crippen molar-refractivity contribution in [3.63, 3.8) is 0 Å². The third-order valence-corrected chi connectivity index (χ3v) is 3.88. The predicted molar refractivity (Wildman–Crippen MR) is 117 cm³/mol. The van der Waals surface area contributed by atoms with E-state index in [1.54, 1.807) is 67.8 Å². The molecule has 1 aromatic rings. The van der Waals surface area contributed by atoms with E-state index in [-0.39, 0.29) is 5.57 Å². The lowest BCUT2D eigenvalue weighted by Gasteiger charge is -2.07. The number of rotatable bonds is 6. The highest BCUT2D eigenvalue weighted by molar-refractivity contribution is 5.94. The molecule has 0 heterocycles. The number of amides is 1. The Hall–Kier alpha value is -4.06. The molecule has 2 N–H and O–H groups in total. The van der Waals surface area contributed by atoms with E-state index in [4.69, 9.17) is 9.47 Å². The van der Waals surface area contributed by atoms with Crippen LogP contribution in [0.5, 0.6) is 11.5 Å². The first kappa shape index (κ1) is 22.2. The number of methoxy groups -OCH3 is 2. The van der Waals surface area contributed by atoms with Gasteiger partial charge in [0.25, 0.3) is 0 Å². The lowest BCUT2D eigenvalue weighted by Crippen LogP contribution is -2.19. The summed E-state index contributed by atoms with van der Waals surface area (Å²) in [5.74, 6) is -0.364. The highest BCUT2D eigenvalue weighted by atomic mass is 16.5. The molecule has 0 radical (unpaired) electrons. The zero-order chi connectivity index (χ0) is 21.8. The topological polar surface area (TPSA) is 84.9 Å². The fourth-order valence-electron chi connectivity index (χ4n) is 2.43. The van der Waals surface area contributed by atoms with E-state index in [2.05, 4.69) is 5.32 Å². The smallest absolute Gasteiger partial charge is 0.335 e. The summed E-state index contributed by atoms with van der Waals surface area (Å²) in [6.45, 7) is 0. The van der Waals surface area contributed by atoms with Crippen LogP contribution >= 0.6 is 0 Å². The third kappa shape index (κ3) is 7.16. The van der Waals surface area contributed by atoms with Crippen molar-refractivity contribution in [3.8, 4) is 11.5 Å². The standard InChI is InChI=1S/C24H23NO5/c1-29-21-14-12-18(16-22(21)30-2)13-15-23(26)25-20-11-9-7-5-3-4-6-8-10-19(17-20)24(27)28/h3-17H,1-2H3,(H,25,26)(H,27,28). The summed E-state index contributed by atoms with van der Waals surface area (Å²) in [5.41, 5.74) is 1.12.